The van der Waals surface area contributed by atoms with E-state index in [-0.39, 0.29) is 11.7 Å². The maximum atomic E-state index is 12.8. The molecule has 0 aliphatic rings. The number of rotatable bonds is 7. The van der Waals surface area contributed by atoms with Gasteiger partial charge in [-0.25, -0.2) is 4.39 Å². The van der Waals surface area contributed by atoms with E-state index in [0.29, 0.717) is 36.7 Å². The minimum Gasteiger partial charge on any atom is -0.356 e. The van der Waals surface area contributed by atoms with Crippen molar-refractivity contribution in [1.82, 2.24) is 15.5 Å². The van der Waals surface area contributed by atoms with Crippen LogP contribution in [0.4, 0.5) is 4.39 Å². The first kappa shape index (κ1) is 15.2. The van der Waals surface area contributed by atoms with Crippen LogP contribution >= 0.6 is 0 Å². The van der Waals surface area contributed by atoms with Gasteiger partial charge in [0.15, 0.2) is 0 Å². The van der Waals surface area contributed by atoms with Crippen molar-refractivity contribution >= 4 is 5.91 Å². The van der Waals surface area contributed by atoms with Gasteiger partial charge in [-0.15, -0.1) is 0 Å². The summed E-state index contributed by atoms with van der Waals surface area (Å²) in [5.41, 5.74) is 0.679. The molecule has 1 aromatic carbocycles. The van der Waals surface area contributed by atoms with Crippen LogP contribution in [0, 0.1) is 5.82 Å². The Morgan fingerprint density at radius 1 is 1.33 bits per heavy atom. The molecule has 1 amide bonds. The highest BCUT2D eigenvalue weighted by Gasteiger charge is 2.10. The third-order valence-electron chi connectivity index (χ3n) is 2.99. The fraction of sp³-hybridized carbons (Fsp3) is 0.400. The molecule has 0 atom stereocenters. The lowest BCUT2D eigenvalue weighted by atomic mass is 10.2. The van der Waals surface area contributed by atoms with Crippen LogP contribution in [0.15, 0.2) is 28.8 Å². The second-order valence-electron chi connectivity index (χ2n) is 4.72. The molecule has 0 saturated heterocycles. The van der Waals surface area contributed by atoms with Gasteiger partial charge in [0, 0.05) is 24.9 Å². The summed E-state index contributed by atoms with van der Waals surface area (Å²) in [6.07, 6.45) is 2.73. The van der Waals surface area contributed by atoms with Crippen LogP contribution in [0.1, 0.15) is 32.1 Å². The maximum Gasteiger partial charge on any atom is 0.227 e. The van der Waals surface area contributed by atoms with Crippen molar-refractivity contribution in [2.75, 3.05) is 6.54 Å². The van der Waals surface area contributed by atoms with E-state index in [1.807, 2.05) is 0 Å². The van der Waals surface area contributed by atoms with E-state index >= 15 is 0 Å². The Hall–Kier alpha value is -2.24. The topological polar surface area (TPSA) is 68.0 Å². The minimum absolute atomic E-state index is 0.0232. The smallest absolute Gasteiger partial charge is 0.227 e. The number of unbranched alkanes of at least 4 members (excludes halogenated alkanes) is 1. The monoisotopic (exact) mass is 291 g/mol. The number of halogens is 1. The van der Waals surface area contributed by atoms with Gasteiger partial charge in [0.05, 0.1) is 0 Å². The fourth-order valence-electron chi connectivity index (χ4n) is 1.79. The number of carbonyl (C=O) groups excluding carboxylic acids is 1. The number of hydrogen-bond donors (Lipinski definition) is 1. The molecule has 0 bridgehead atoms. The van der Waals surface area contributed by atoms with Gasteiger partial charge in [-0.05, 0) is 30.7 Å². The number of nitrogens with zero attached hydrogens (tertiary/aromatic N) is 2. The van der Waals surface area contributed by atoms with Crippen molar-refractivity contribution in [2.24, 2.45) is 0 Å². The normalized spacial score (nSPS) is 10.6. The van der Waals surface area contributed by atoms with Crippen LogP contribution in [0.2, 0.25) is 0 Å². The molecule has 2 aromatic rings. The van der Waals surface area contributed by atoms with E-state index in [9.17, 15) is 9.18 Å². The van der Waals surface area contributed by atoms with Crippen molar-refractivity contribution in [3.8, 4) is 11.4 Å². The number of aromatic nitrogens is 2. The molecule has 2 rings (SSSR count). The average molecular weight is 291 g/mol. The Morgan fingerprint density at radius 2 is 2.10 bits per heavy atom. The predicted octanol–water partition coefficient (Wildman–Crippen LogP) is 2.72. The third kappa shape index (κ3) is 4.66. The van der Waals surface area contributed by atoms with Gasteiger partial charge in [-0.1, -0.05) is 18.5 Å². The van der Waals surface area contributed by atoms with Crippen molar-refractivity contribution in [1.29, 1.82) is 0 Å². The molecule has 5 nitrogen and oxygen atoms in total. The van der Waals surface area contributed by atoms with Gasteiger partial charge in [0.1, 0.15) is 5.82 Å². The molecule has 1 N–H and O–H groups in total. The standard InChI is InChI=1S/C15H18FN3O2/c1-2-3-10-17-13(20)8-9-14-18-15(19-21-14)11-4-6-12(16)7-5-11/h4-7H,2-3,8-10H2,1H3,(H,17,20). The number of nitrogens with one attached hydrogen (secondary N) is 1. The lowest BCUT2D eigenvalue weighted by Gasteiger charge is -2.01. The number of amides is 1. The number of carbonyl (C=O) groups is 1. The van der Waals surface area contributed by atoms with Crippen molar-refractivity contribution in [3.05, 3.63) is 36.0 Å². The SMILES string of the molecule is CCCCNC(=O)CCc1nc(-c2ccc(F)cc2)no1. The maximum absolute atomic E-state index is 12.8. The average Bonchev–Trinajstić information content (AvgIpc) is 2.95. The molecular weight excluding hydrogens is 273 g/mol. The zero-order chi connectivity index (χ0) is 15.1. The van der Waals surface area contributed by atoms with Crippen LogP contribution in [0.25, 0.3) is 11.4 Å². The molecule has 6 heteroatoms. The van der Waals surface area contributed by atoms with E-state index in [0.717, 1.165) is 12.8 Å². The molecule has 0 aliphatic heterocycles. The van der Waals surface area contributed by atoms with Crippen molar-refractivity contribution < 1.29 is 13.7 Å². The lowest BCUT2D eigenvalue weighted by molar-refractivity contribution is -0.121. The highest BCUT2D eigenvalue weighted by molar-refractivity contribution is 5.75. The second-order valence-corrected chi connectivity index (χ2v) is 4.72. The van der Waals surface area contributed by atoms with Gasteiger partial charge in [0.25, 0.3) is 0 Å². The zero-order valence-corrected chi connectivity index (χ0v) is 11.9. The molecule has 0 fully saturated rings. The largest absolute Gasteiger partial charge is 0.356 e. The van der Waals surface area contributed by atoms with Gasteiger partial charge in [-0.2, -0.15) is 4.98 Å². The minimum atomic E-state index is -0.314. The van der Waals surface area contributed by atoms with Crippen molar-refractivity contribution in [2.45, 2.75) is 32.6 Å². The van der Waals surface area contributed by atoms with E-state index in [1.165, 1.54) is 12.1 Å². The van der Waals surface area contributed by atoms with Gasteiger partial charge in [0.2, 0.25) is 17.6 Å². The summed E-state index contributed by atoms with van der Waals surface area (Å²) in [6, 6.07) is 5.85. The lowest BCUT2D eigenvalue weighted by Crippen LogP contribution is -2.24. The van der Waals surface area contributed by atoms with E-state index < -0.39 is 0 Å². The van der Waals surface area contributed by atoms with Crippen LogP contribution in [0.5, 0.6) is 0 Å². The van der Waals surface area contributed by atoms with Crippen LogP contribution in [-0.4, -0.2) is 22.6 Å². The van der Waals surface area contributed by atoms with E-state index in [2.05, 4.69) is 22.4 Å². The highest BCUT2D eigenvalue weighted by Crippen LogP contribution is 2.16. The number of benzene rings is 1. The first-order valence-electron chi connectivity index (χ1n) is 7.04. The summed E-state index contributed by atoms with van der Waals surface area (Å²) in [4.78, 5) is 15.8. The van der Waals surface area contributed by atoms with E-state index in [4.69, 9.17) is 4.52 Å². The quantitative estimate of drug-likeness (QED) is 0.796. The molecule has 0 saturated carbocycles. The summed E-state index contributed by atoms with van der Waals surface area (Å²) < 4.78 is 17.9. The molecule has 0 aliphatic carbocycles. The van der Waals surface area contributed by atoms with Crippen molar-refractivity contribution in [3.63, 3.8) is 0 Å². The Labute approximate surface area is 122 Å². The van der Waals surface area contributed by atoms with Crippen LogP contribution < -0.4 is 5.32 Å². The summed E-state index contributed by atoms with van der Waals surface area (Å²) in [5.74, 6) is 0.465. The van der Waals surface area contributed by atoms with Gasteiger partial charge >= 0.3 is 0 Å². The molecule has 112 valence electrons. The Kier molecular flexibility index (Phi) is 5.43. The first-order valence-corrected chi connectivity index (χ1v) is 7.04. The Bertz CT molecular complexity index is 581. The summed E-state index contributed by atoms with van der Waals surface area (Å²) in [6.45, 7) is 2.77. The Morgan fingerprint density at radius 3 is 2.81 bits per heavy atom. The van der Waals surface area contributed by atoms with E-state index in [1.54, 1.807) is 12.1 Å². The highest BCUT2D eigenvalue weighted by atomic mass is 19.1. The van der Waals surface area contributed by atoms with Crippen LogP contribution in [0.3, 0.4) is 0 Å². The molecule has 0 unspecified atom stereocenters. The molecule has 0 spiro atoms. The second kappa shape index (κ2) is 7.52. The van der Waals surface area contributed by atoms with Gasteiger partial charge in [-0.3, -0.25) is 4.79 Å². The Balaban J connectivity index is 1.86. The van der Waals surface area contributed by atoms with Gasteiger partial charge < -0.3 is 9.84 Å². The molecule has 1 aromatic heterocycles. The zero-order valence-electron chi connectivity index (χ0n) is 11.9. The third-order valence-corrected chi connectivity index (χ3v) is 2.99. The molecule has 21 heavy (non-hydrogen) atoms. The molecular formula is C15H18FN3O2. The first-order chi connectivity index (χ1) is 10.2. The summed E-state index contributed by atoms with van der Waals surface area (Å²) >= 11 is 0. The predicted molar refractivity (Wildman–Crippen MR) is 75.9 cm³/mol. The van der Waals surface area contributed by atoms with Crippen LogP contribution in [-0.2, 0) is 11.2 Å². The number of aryl methyl sites for hydroxylation is 1. The number of hydrogen-bond acceptors (Lipinski definition) is 4. The molecule has 0 radical (unpaired) electrons. The molecule has 1 heterocycles. The summed E-state index contributed by atoms with van der Waals surface area (Å²) in [5, 5.41) is 6.66. The summed E-state index contributed by atoms with van der Waals surface area (Å²) in [7, 11) is 0. The fourth-order valence-corrected chi connectivity index (χ4v) is 1.79.